The van der Waals surface area contributed by atoms with Crippen LogP contribution in [0.1, 0.15) is 5.56 Å². The summed E-state index contributed by atoms with van der Waals surface area (Å²) in [6, 6.07) is 13.4. The van der Waals surface area contributed by atoms with Crippen molar-refractivity contribution in [3.05, 3.63) is 59.1 Å². The van der Waals surface area contributed by atoms with Crippen molar-refractivity contribution >= 4 is 27.5 Å². The van der Waals surface area contributed by atoms with Crippen LogP contribution in [0.25, 0.3) is 0 Å². The molecule has 9 heteroatoms. The Hall–Kier alpha value is -2.13. The molecular formula is C20H24ClN3O4S. The van der Waals surface area contributed by atoms with Crippen molar-refractivity contribution in [1.29, 1.82) is 0 Å². The van der Waals surface area contributed by atoms with Crippen LogP contribution in [0.5, 0.6) is 5.75 Å². The Morgan fingerprint density at radius 1 is 1.03 bits per heavy atom. The zero-order chi connectivity index (χ0) is 20.9. The zero-order valence-electron chi connectivity index (χ0n) is 16.0. The van der Waals surface area contributed by atoms with E-state index in [9.17, 15) is 13.2 Å². The van der Waals surface area contributed by atoms with Crippen molar-refractivity contribution in [2.24, 2.45) is 5.14 Å². The van der Waals surface area contributed by atoms with Gasteiger partial charge in [0, 0.05) is 37.7 Å². The first kappa shape index (κ1) is 21.6. The van der Waals surface area contributed by atoms with Gasteiger partial charge < -0.3 is 9.64 Å². The molecule has 0 atom stereocenters. The van der Waals surface area contributed by atoms with Crippen molar-refractivity contribution in [1.82, 2.24) is 9.80 Å². The highest BCUT2D eigenvalue weighted by molar-refractivity contribution is 7.89. The van der Waals surface area contributed by atoms with E-state index in [2.05, 4.69) is 4.90 Å². The van der Waals surface area contributed by atoms with Gasteiger partial charge in [-0.3, -0.25) is 9.69 Å². The van der Waals surface area contributed by atoms with Gasteiger partial charge in [0.2, 0.25) is 15.9 Å². The predicted octanol–water partition coefficient (Wildman–Crippen LogP) is 1.75. The zero-order valence-corrected chi connectivity index (χ0v) is 17.5. The Labute approximate surface area is 176 Å². The first-order valence-corrected chi connectivity index (χ1v) is 11.2. The number of nitrogens with zero attached hydrogens (tertiary/aromatic N) is 2. The van der Waals surface area contributed by atoms with Crippen LogP contribution in [0.4, 0.5) is 0 Å². The summed E-state index contributed by atoms with van der Waals surface area (Å²) in [5.74, 6) is 0.676. The van der Waals surface area contributed by atoms with Gasteiger partial charge in [-0.1, -0.05) is 29.8 Å². The van der Waals surface area contributed by atoms with E-state index in [1.54, 1.807) is 18.2 Å². The quantitative estimate of drug-likeness (QED) is 0.712. The van der Waals surface area contributed by atoms with Crippen LogP contribution in [-0.4, -0.2) is 63.5 Å². The number of rotatable bonds is 7. The fourth-order valence-corrected chi connectivity index (χ4v) is 3.87. The average molecular weight is 438 g/mol. The van der Waals surface area contributed by atoms with Crippen molar-refractivity contribution in [3.8, 4) is 5.75 Å². The molecule has 0 spiro atoms. The molecular weight excluding hydrogens is 414 g/mol. The summed E-state index contributed by atoms with van der Waals surface area (Å²) in [7, 11) is -3.70. The lowest BCUT2D eigenvalue weighted by molar-refractivity contribution is -0.132. The predicted molar refractivity (Wildman–Crippen MR) is 111 cm³/mol. The molecule has 0 aromatic heterocycles. The van der Waals surface area contributed by atoms with E-state index >= 15 is 0 Å². The van der Waals surface area contributed by atoms with Crippen molar-refractivity contribution in [2.45, 2.75) is 11.3 Å². The second-order valence-corrected chi connectivity index (χ2v) is 8.82. The molecule has 2 aromatic rings. The Kier molecular flexibility index (Phi) is 7.13. The molecule has 1 aliphatic rings. The lowest BCUT2D eigenvalue weighted by Crippen LogP contribution is -2.49. The molecule has 2 aromatic carbocycles. The van der Waals surface area contributed by atoms with Gasteiger partial charge in [0.1, 0.15) is 12.4 Å². The molecule has 0 unspecified atom stereocenters. The molecule has 1 heterocycles. The van der Waals surface area contributed by atoms with E-state index in [1.165, 1.54) is 12.1 Å². The highest BCUT2D eigenvalue weighted by atomic mass is 35.5. The molecule has 0 radical (unpaired) electrons. The van der Waals surface area contributed by atoms with Crippen molar-refractivity contribution in [2.75, 3.05) is 39.3 Å². The number of hydrogen-bond acceptors (Lipinski definition) is 5. The summed E-state index contributed by atoms with van der Waals surface area (Å²) in [4.78, 5) is 16.7. The van der Waals surface area contributed by atoms with Crippen LogP contribution < -0.4 is 9.88 Å². The fourth-order valence-electron chi connectivity index (χ4n) is 3.16. The number of primary sulfonamides is 1. The maximum atomic E-state index is 12.5. The van der Waals surface area contributed by atoms with E-state index in [-0.39, 0.29) is 10.8 Å². The lowest BCUT2D eigenvalue weighted by atomic mass is 10.1. The maximum absolute atomic E-state index is 12.5. The number of amides is 1. The highest BCUT2D eigenvalue weighted by Gasteiger charge is 2.21. The maximum Gasteiger partial charge on any atom is 0.238 e. The minimum atomic E-state index is -3.70. The number of piperazine rings is 1. The number of sulfonamides is 1. The van der Waals surface area contributed by atoms with E-state index in [1.807, 2.05) is 23.1 Å². The van der Waals surface area contributed by atoms with Crippen LogP contribution in [-0.2, 0) is 21.2 Å². The third kappa shape index (κ3) is 6.17. The Morgan fingerprint density at radius 3 is 2.31 bits per heavy atom. The van der Waals surface area contributed by atoms with Crippen molar-refractivity contribution in [3.63, 3.8) is 0 Å². The number of nitrogens with two attached hydrogens (primary N) is 1. The van der Waals surface area contributed by atoms with E-state index < -0.39 is 10.0 Å². The van der Waals surface area contributed by atoms with Gasteiger partial charge in [-0.25, -0.2) is 13.6 Å². The summed E-state index contributed by atoms with van der Waals surface area (Å²) in [5.41, 5.74) is 0.850. The summed E-state index contributed by atoms with van der Waals surface area (Å²) in [5, 5.41) is 5.70. The number of ether oxygens (including phenoxy) is 1. The molecule has 0 aliphatic carbocycles. The van der Waals surface area contributed by atoms with Gasteiger partial charge in [-0.05, 0) is 35.9 Å². The minimum absolute atomic E-state index is 0.0578. The molecule has 156 valence electrons. The Morgan fingerprint density at radius 2 is 1.69 bits per heavy atom. The van der Waals surface area contributed by atoms with Crippen LogP contribution in [0.2, 0.25) is 5.02 Å². The first-order valence-electron chi connectivity index (χ1n) is 9.32. The SMILES string of the molecule is NS(=O)(=O)c1ccc(OCCN2CCN(C(=O)Cc3ccccc3Cl)CC2)cc1. The number of carbonyl (C=O) groups is 1. The van der Waals surface area contributed by atoms with Gasteiger partial charge in [-0.15, -0.1) is 0 Å². The van der Waals surface area contributed by atoms with Crippen LogP contribution in [0.3, 0.4) is 0 Å². The first-order chi connectivity index (χ1) is 13.8. The third-order valence-corrected chi connectivity index (χ3v) is 6.15. The second kappa shape index (κ2) is 9.58. The van der Waals surface area contributed by atoms with Crippen molar-refractivity contribution < 1.29 is 17.9 Å². The Bertz CT molecular complexity index is 942. The monoisotopic (exact) mass is 437 g/mol. The molecule has 29 heavy (non-hydrogen) atoms. The summed E-state index contributed by atoms with van der Waals surface area (Å²) in [6.07, 6.45) is 0.317. The molecule has 1 fully saturated rings. The van der Waals surface area contributed by atoms with Crippen LogP contribution in [0, 0.1) is 0 Å². The molecule has 7 nitrogen and oxygen atoms in total. The number of halogens is 1. The average Bonchev–Trinajstić information content (AvgIpc) is 2.70. The van der Waals surface area contributed by atoms with Gasteiger partial charge in [0.15, 0.2) is 0 Å². The second-order valence-electron chi connectivity index (χ2n) is 6.86. The fraction of sp³-hybridized carbons (Fsp3) is 0.350. The van der Waals surface area contributed by atoms with E-state index in [0.717, 1.165) is 25.2 Å². The molecule has 3 rings (SSSR count). The normalized spacial score (nSPS) is 15.3. The highest BCUT2D eigenvalue weighted by Crippen LogP contribution is 2.17. The smallest absolute Gasteiger partial charge is 0.238 e. The summed E-state index contributed by atoms with van der Waals surface area (Å²) < 4.78 is 28.2. The summed E-state index contributed by atoms with van der Waals surface area (Å²) in [6.45, 7) is 4.11. The van der Waals surface area contributed by atoms with Gasteiger partial charge in [0.05, 0.1) is 11.3 Å². The molecule has 1 amide bonds. The number of hydrogen-bond donors (Lipinski definition) is 1. The lowest BCUT2D eigenvalue weighted by Gasteiger charge is -2.34. The van der Waals surface area contributed by atoms with Gasteiger partial charge >= 0.3 is 0 Å². The largest absolute Gasteiger partial charge is 0.492 e. The third-order valence-electron chi connectivity index (χ3n) is 4.85. The molecule has 0 bridgehead atoms. The molecule has 0 saturated carbocycles. The Balaban J connectivity index is 1.40. The van der Waals surface area contributed by atoms with Crippen LogP contribution in [0.15, 0.2) is 53.4 Å². The van der Waals surface area contributed by atoms with Crippen LogP contribution >= 0.6 is 11.6 Å². The topological polar surface area (TPSA) is 92.9 Å². The van der Waals surface area contributed by atoms with Gasteiger partial charge in [0.25, 0.3) is 0 Å². The van der Waals surface area contributed by atoms with E-state index in [4.69, 9.17) is 21.5 Å². The summed E-state index contributed by atoms with van der Waals surface area (Å²) >= 11 is 6.14. The van der Waals surface area contributed by atoms with E-state index in [0.29, 0.717) is 36.9 Å². The molecule has 1 saturated heterocycles. The minimum Gasteiger partial charge on any atom is -0.492 e. The number of benzene rings is 2. The molecule has 2 N–H and O–H groups in total. The molecule has 1 aliphatic heterocycles. The standard InChI is InChI=1S/C20H24ClN3O4S/c21-19-4-2-1-3-16(19)15-20(25)24-11-9-23(10-12-24)13-14-28-17-5-7-18(8-6-17)29(22,26)27/h1-8H,9-15H2,(H2,22,26,27). The number of carbonyl (C=O) groups excluding carboxylic acids is 1. The van der Waals surface area contributed by atoms with Gasteiger partial charge in [-0.2, -0.15) is 0 Å².